The molecule has 0 bridgehead atoms. The van der Waals surface area contributed by atoms with Gasteiger partial charge in [0.2, 0.25) is 0 Å². The number of aliphatic hydroxyl groups excluding tert-OH is 1. The molecule has 0 radical (unpaired) electrons. The molecular weight excluding hydrogens is 270 g/mol. The normalized spacial score (nSPS) is 12.1. The van der Waals surface area contributed by atoms with E-state index in [0.717, 1.165) is 5.39 Å². The zero-order valence-corrected chi connectivity index (χ0v) is 12.2. The molecule has 1 atom stereocenters. The van der Waals surface area contributed by atoms with E-state index in [1.807, 2.05) is 31.2 Å². The van der Waals surface area contributed by atoms with Crippen molar-refractivity contribution in [3.63, 3.8) is 0 Å². The summed E-state index contributed by atoms with van der Waals surface area (Å²) in [5.41, 5.74) is 1.37. The van der Waals surface area contributed by atoms with E-state index in [1.165, 1.54) is 0 Å². The quantitative estimate of drug-likeness (QED) is 0.791. The summed E-state index contributed by atoms with van der Waals surface area (Å²) in [4.78, 5) is 12.0. The van der Waals surface area contributed by atoms with Gasteiger partial charge in [0.15, 0.2) is 5.69 Å². The second kappa shape index (κ2) is 6.99. The van der Waals surface area contributed by atoms with Crippen LogP contribution in [0.4, 0.5) is 5.69 Å². The Bertz CT molecular complexity index is 631. The Morgan fingerprint density at radius 3 is 2.81 bits per heavy atom. The largest absolute Gasteiger partial charge is 0.461 e. The Kier molecular flexibility index (Phi) is 5.05. The van der Waals surface area contributed by atoms with Crippen molar-refractivity contribution in [2.24, 2.45) is 0 Å². The predicted molar refractivity (Wildman–Crippen MR) is 80.3 cm³/mol. The molecule has 6 heteroatoms. The van der Waals surface area contributed by atoms with Gasteiger partial charge in [-0.15, -0.1) is 10.2 Å². The summed E-state index contributed by atoms with van der Waals surface area (Å²) < 4.78 is 5.01. The molecular formula is C15H19N3O3. The number of carbonyl (C=O) groups excluding carboxylic acids is 1. The molecule has 6 nitrogen and oxygen atoms in total. The van der Waals surface area contributed by atoms with Crippen LogP contribution in [0.5, 0.6) is 0 Å². The van der Waals surface area contributed by atoms with Crippen molar-refractivity contribution >= 4 is 22.6 Å². The van der Waals surface area contributed by atoms with E-state index in [-0.39, 0.29) is 12.3 Å². The fourth-order valence-corrected chi connectivity index (χ4v) is 1.94. The number of ether oxygens (including phenoxy) is 1. The van der Waals surface area contributed by atoms with Crippen molar-refractivity contribution in [2.45, 2.75) is 26.4 Å². The number of rotatable bonds is 6. The SMILES string of the molecule is CCOC(=O)c1nnc2ccccc2c1NCC(O)CC. The highest BCUT2D eigenvalue weighted by Crippen LogP contribution is 2.24. The predicted octanol–water partition coefficient (Wildman–Crippen LogP) is 1.99. The number of hydrogen-bond acceptors (Lipinski definition) is 6. The average molecular weight is 289 g/mol. The molecule has 0 spiro atoms. The summed E-state index contributed by atoms with van der Waals surface area (Å²) in [5, 5.41) is 21.6. The van der Waals surface area contributed by atoms with Gasteiger partial charge in [-0.05, 0) is 19.4 Å². The third kappa shape index (κ3) is 3.46. The molecule has 1 heterocycles. The maximum atomic E-state index is 12.0. The van der Waals surface area contributed by atoms with Crippen LogP contribution >= 0.6 is 0 Å². The molecule has 1 aromatic carbocycles. The number of benzene rings is 1. The Morgan fingerprint density at radius 2 is 2.10 bits per heavy atom. The maximum absolute atomic E-state index is 12.0. The second-order valence-corrected chi connectivity index (χ2v) is 4.60. The Hall–Kier alpha value is -2.21. The first-order chi connectivity index (χ1) is 10.2. The summed E-state index contributed by atoms with van der Waals surface area (Å²) in [7, 11) is 0. The number of carbonyl (C=O) groups is 1. The van der Waals surface area contributed by atoms with Crippen molar-refractivity contribution in [2.75, 3.05) is 18.5 Å². The number of fused-ring (bicyclic) bond motifs is 1. The van der Waals surface area contributed by atoms with Gasteiger partial charge in [-0.1, -0.05) is 25.1 Å². The lowest BCUT2D eigenvalue weighted by Crippen LogP contribution is -2.21. The summed E-state index contributed by atoms with van der Waals surface area (Å²) >= 11 is 0. The highest BCUT2D eigenvalue weighted by molar-refractivity contribution is 6.03. The standard InChI is InChI=1S/C15H19N3O3/c1-3-10(19)9-16-13-11-7-5-6-8-12(11)17-18-14(13)15(20)21-4-2/h5-8,10,19H,3-4,9H2,1-2H3,(H,16,17). The number of aliphatic hydroxyl groups is 1. The Morgan fingerprint density at radius 1 is 1.33 bits per heavy atom. The van der Waals surface area contributed by atoms with Crippen LogP contribution < -0.4 is 5.32 Å². The van der Waals surface area contributed by atoms with Gasteiger partial charge in [0, 0.05) is 11.9 Å². The van der Waals surface area contributed by atoms with E-state index in [2.05, 4.69) is 15.5 Å². The van der Waals surface area contributed by atoms with Gasteiger partial charge >= 0.3 is 5.97 Å². The minimum absolute atomic E-state index is 0.138. The Labute approximate surface area is 123 Å². The van der Waals surface area contributed by atoms with Crippen molar-refractivity contribution in [3.8, 4) is 0 Å². The average Bonchev–Trinajstić information content (AvgIpc) is 2.52. The van der Waals surface area contributed by atoms with Gasteiger partial charge in [0.25, 0.3) is 0 Å². The minimum Gasteiger partial charge on any atom is -0.461 e. The monoisotopic (exact) mass is 289 g/mol. The van der Waals surface area contributed by atoms with Gasteiger partial charge in [-0.25, -0.2) is 4.79 Å². The van der Waals surface area contributed by atoms with Crippen LogP contribution in [0.15, 0.2) is 24.3 Å². The topological polar surface area (TPSA) is 84.3 Å². The number of esters is 1. The molecule has 2 rings (SSSR count). The zero-order valence-electron chi connectivity index (χ0n) is 12.2. The fourth-order valence-electron chi connectivity index (χ4n) is 1.94. The van der Waals surface area contributed by atoms with E-state index in [9.17, 15) is 9.90 Å². The molecule has 21 heavy (non-hydrogen) atoms. The van der Waals surface area contributed by atoms with Crippen molar-refractivity contribution in [1.29, 1.82) is 0 Å². The third-order valence-electron chi connectivity index (χ3n) is 3.12. The molecule has 2 aromatic rings. The molecule has 0 amide bonds. The lowest BCUT2D eigenvalue weighted by Gasteiger charge is -2.15. The minimum atomic E-state index is -0.524. The zero-order chi connectivity index (χ0) is 15.2. The smallest absolute Gasteiger partial charge is 0.361 e. The van der Waals surface area contributed by atoms with Crippen LogP contribution in [-0.4, -0.2) is 40.5 Å². The van der Waals surface area contributed by atoms with E-state index in [0.29, 0.717) is 24.2 Å². The van der Waals surface area contributed by atoms with E-state index < -0.39 is 12.1 Å². The van der Waals surface area contributed by atoms with Gasteiger partial charge < -0.3 is 15.2 Å². The molecule has 0 aliphatic carbocycles. The van der Waals surface area contributed by atoms with E-state index in [4.69, 9.17) is 4.74 Å². The molecule has 2 N–H and O–H groups in total. The van der Waals surface area contributed by atoms with Gasteiger partial charge in [-0.3, -0.25) is 0 Å². The molecule has 1 aromatic heterocycles. The summed E-state index contributed by atoms with van der Waals surface area (Å²) in [6, 6.07) is 7.39. The lowest BCUT2D eigenvalue weighted by atomic mass is 10.1. The summed E-state index contributed by atoms with van der Waals surface area (Å²) in [5.74, 6) is -0.524. The molecule has 0 saturated heterocycles. The van der Waals surface area contributed by atoms with Crippen molar-refractivity contribution in [3.05, 3.63) is 30.0 Å². The van der Waals surface area contributed by atoms with Crippen molar-refractivity contribution in [1.82, 2.24) is 10.2 Å². The first-order valence-corrected chi connectivity index (χ1v) is 7.01. The highest BCUT2D eigenvalue weighted by atomic mass is 16.5. The number of aromatic nitrogens is 2. The van der Waals surface area contributed by atoms with Crippen molar-refractivity contribution < 1.29 is 14.6 Å². The second-order valence-electron chi connectivity index (χ2n) is 4.60. The maximum Gasteiger partial charge on any atom is 0.361 e. The van der Waals surface area contributed by atoms with Gasteiger partial charge in [0.05, 0.1) is 23.9 Å². The first-order valence-electron chi connectivity index (χ1n) is 7.01. The van der Waals surface area contributed by atoms with E-state index in [1.54, 1.807) is 6.92 Å². The number of anilines is 1. The number of nitrogens with one attached hydrogen (secondary N) is 1. The first kappa shape index (κ1) is 15.2. The van der Waals surface area contributed by atoms with Crippen LogP contribution in [0.25, 0.3) is 10.9 Å². The lowest BCUT2D eigenvalue weighted by molar-refractivity contribution is 0.0519. The molecule has 0 aliphatic heterocycles. The molecule has 112 valence electrons. The van der Waals surface area contributed by atoms with Crippen LogP contribution in [-0.2, 0) is 4.74 Å². The van der Waals surface area contributed by atoms with E-state index >= 15 is 0 Å². The van der Waals surface area contributed by atoms with Crippen LogP contribution in [0, 0.1) is 0 Å². The summed E-state index contributed by atoms with van der Waals surface area (Å²) in [6.07, 6.45) is 0.130. The molecule has 1 unspecified atom stereocenters. The molecule has 0 fully saturated rings. The van der Waals surface area contributed by atoms with Gasteiger partial charge in [0.1, 0.15) is 0 Å². The molecule has 0 aliphatic rings. The number of hydrogen-bond donors (Lipinski definition) is 2. The highest BCUT2D eigenvalue weighted by Gasteiger charge is 2.18. The number of nitrogens with zero attached hydrogens (tertiary/aromatic N) is 2. The third-order valence-corrected chi connectivity index (χ3v) is 3.12. The van der Waals surface area contributed by atoms with Crippen LogP contribution in [0.3, 0.4) is 0 Å². The summed E-state index contributed by atoms with van der Waals surface area (Å²) in [6.45, 7) is 4.23. The molecule has 0 saturated carbocycles. The van der Waals surface area contributed by atoms with Crippen LogP contribution in [0.2, 0.25) is 0 Å². The van der Waals surface area contributed by atoms with Crippen LogP contribution in [0.1, 0.15) is 30.8 Å². The Balaban J connectivity index is 2.44. The van der Waals surface area contributed by atoms with Gasteiger partial charge in [-0.2, -0.15) is 0 Å². The fraction of sp³-hybridized carbons (Fsp3) is 0.400.